The van der Waals surface area contributed by atoms with Crippen molar-refractivity contribution in [1.29, 1.82) is 0 Å². The smallest absolute Gasteiger partial charge is 0.255 e. The number of hydrogen-bond donors (Lipinski definition) is 2. The Balaban J connectivity index is 1.73. The van der Waals surface area contributed by atoms with Crippen molar-refractivity contribution >= 4 is 17.5 Å². The maximum Gasteiger partial charge on any atom is 0.255 e. The first kappa shape index (κ1) is 16.1. The Morgan fingerprint density at radius 1 is 1.38 bits per heavy atom. The minimum absolute atomic E-state index is 0.112. The minimum atomic E-state index is -0.854. The highest BCUT2D eigenvalue weighted by Gasteiger charge is 2.36. The van der Waals surface area contributed by atoms with Gasteiger partial charge in [0.25, 0.3) is 5.91 Å². The van der Waals surface area contributed by atoms with Crippen LogP contribution in [0, 0.1) is 11.6 Å². The third-order valence-corrected chi connectivity index (χ3v) is 3.84. The number of amides is 2. The largest absolute Gasteiger partial charge is 0.467 e. The number of anilines is 1. The molecule has 126 valence electrons. The van der Waals surface area contributed by atoms with Gasteiger partial charge in [0, 0.05) is 6.54 Å². The third-order valence-electron chi connectivity index (χ3n) is 3.84. The molecule has 3 N–H and O–H groups in total. The molecule has 0 bridgehead atoms. The van der Waals surface area contributed by atoms with Crippen LogP contribution in [-0.4, -0.2) is 24.4 Å². The van der Waals surface area contributed by atoms with Gasteiger partial charge in [0.15, 0.2) is 0 Å². The van der Waals surface area contributed by atoms with E-state index >= 15 is 0 Å². The van der Waals surface area contributed by atoms with Crippen LogP contribution in [0.3, 0.4) is 0 Å². The van der Waals surface area contributed by atoms with E-state index in [1.165, 1.54) is 18.4 Å². The molecule has 1 atom stereocenters. The number of halogens is 2. The molecular formula is C16H15F2N3O3. The van der Waals surface area contributed by atoms with Gasteiger partial charge in [-0.05, 0) is 24.6 Å². The van der Waals surface area contributed by atoms with Gasteiger partial charge in [-0.2, -0.15) is 0 Å². The second-order valence-electron chi connectivity index (χ2n) is 5.38. The zero-order valence-corrected chi connectivity index (χ0v) is 12.6. The van der Waals surface area contributed by atoms with Gasteiger partial charge in [0.05, 0.1) is 12.1 Å². The van der Waals surface area contributed by atoms with Crippen LogP contribution in [0.25, 0.3) is 0 Å². The van der Waals surface area contributed by atoms with E-state index < -0.39 is 35.2 Å². The summed E-state index contributed by atoms with van der Waals surface area (Å²) < 4.78 is 32.7. The summed E-state index contributed by atoms with van der Waals surface area (Å²) in [5.41, 5.74) is 5.24. The molecule has 2 aromatic rings. The third kappa shape index (κ3) is 2.88. The van der Waals surface area contributed by atoms with Gasteiger partial charge in [-0.3, -0.25) is 9.59 Å². The number of para-hydroxylation sites is 1. The van der Waals surface area contributed by atoms with Crippen LogP contribution in [-0.2, 0) is 11.3 Å². The van der Waals surface area contributed by atoms with Gasteiger partial charge in [0.1, 0.15) is 35.4 Å². The lowest BCUT2D eigenvalue weighted by atomic mass is 10.2. The fraction of sp³-hybridized carbons (Fsp3) is 0.250. The molecule has 1 aliphatic heterocycles. The number of carbonyl (C=O) groups excluding carboxylic acids is 2. The van der Waals surface area contributed by atoms with E-state index in [-0.39, 0.29) is 25.1 Å². The number of rotatable bonds is 4. The predicted molar refractivity (Wildman–Crippen MR) is 81.2 cm³/mol. The maximum atomic E-state index is 13.8. The van der Waals surface area contributed by atoms with Gasteiger partial charge in [-0.15, -0.1) is 0 Å². The van der Waals surface area contributed by atoms with E-state index in [2.05, 4.69) is 5.32 Å². The standard InChI is InChI=1S/C16H15F2N3O3/c17-11-2-1-3-12(18)14(11)21-5-4-13(16(21)23)20-15(22)9-6-10(7-19)24-8-9/h1-3,6,8,13H,4-5,7,19H2,(H,20,22). The van der Waals surface area contributed by atoms with E-state index in [9.17, 15) is 18.4 Å². The molecular weight excluding hydrogens is 320 g/mol. The number of nitrogens with two attached hydrogens (primary N) is 1. The molecule has 1 aliphatic rings. The summed E-state index contributed by atoms with van der Waals surface area (Å²) in [5.74, 6) is -2.27. The Hall–Kier alpha value is -2.74. The van der Waals surface area contributed by atoms with E-state index in [0.717, 1.165) is 17.0 Å². The van der Waals surface area contributed by atoms with Gasteiger partial charge < -0.3 is 20.4 Å². The molecule has 0 radical (unpaired) electrons. The Kier molecular flexibility index (Phi) is 4.30. The molecule has 1 fully saturated rings. The molecule has 2 heterocycles. The SMILES string of the molecule is NCc1cc(C(=O)NC2CCN(c3c(F)cccc3F)C2=O)co1. The highest BCUT2D eigenvalue weighted by Crippen LogP contribution is 2.27. The maximum absolute atomic E-state index is 13.8. The number of nitrogens with zero attached hydrogens (tertiary/aromatic N) is 1. The monoisotopic (exact) mass is 335 g/mol. The Labute approximate surface area is 136 Å². The van der Waals surface area contributed by atoms with Gasteiger partial charge >= 0.3 is 0 Å². The van der Waals surface area contributed by atoms with Crippen molar-refractivity contribution in [2.75, 3.05) is 11.4 Å². The fourth-order valence-corrected chi connectivity index (χ4v) is 2.63. The van der Waals surface area contributed by atoms with Crippen molar-refractivity contribution in [2.24, 2.45) is 5.73 Å². The van der Waals surface area contributed by atoms with Crippen LogP contribution in [0.5, 0.6) is 0 Å². The lowest BCUT2D eigenvalue weighted by Gasteiger charge is -2.18. The topological polar surface area (TPSA) is 88.6 Å². The molecule has 6 nitrogen and oxygen atoms in total. The van der Waals surface area contributed by atoms with Gasteiger partial charge in [0.2, 0.25) is 5.91 Å². The van der Waals surface area contributed by atoms with Gasteiger partial charge in [-0.25, -0.2) is 8.78 Å². The van der Waals surface area contributed by atoms with E-state index in [0.29, 0.717) is 5.76 Å². The number of carbonyl (C=O) groups is 2. The van der Waals surface area contributed by atoms with Gasteiger partial charge in [-0.1, -0.05) is 6.07 Å². The summed E-state index contributed by atoms with van der Waals surface area (Å²) in [6.45, 7) is 0.261. The summed E-state index contributed by atoms with van der Waals surface area (Å²) in [7, 11) is 0. The lowest BCUT2D eigenvalue weighted by Crippen LogP contribution is -2.41. The molecule has 1 unspecified atom stereocenters. The van der Waals surface area contributed by atoms with Crippen molar-refractivity contribution in [3.63, 3.8) is 0 Å². The summed E-state index contributed by atoms with van der Waals surface area (Å²) in [6.07, 6.45) is 1.49. The summed E-state index contributed by atoms with van der Waals surface area (Å²) in [6, 6.07) is 4.01. The zero-order chi connectivity index (χ0) is 17.3. The minimum Gasteiger partial charge on any atom is -0.467 e. The Bertz CT molecular complexity index is 770. The summed E-state index contributed by atoms with van der Waals surface area (Å²) in [5, 5.41) is 2.55. The normalized spacial score (nSPS) is 17.4. The van der Waals surface area contributed by atoms with Crippen molar-refractivity contribution in [1.82, 2.24) is 5.32 Å². The molecule has 1 aromatic carbocycles. The number of nitrogens with one attached hydrogen (secondary N) is 1. The van der Waals surface area contributed by atoms with Crippen LogP contribution < -0.4 is 16.0 Å². The first-order valence-corrected chi connectivity index (χ1v) is 7.35. The molecule has 3 rings (SSSR count). The van der Waals surface area contributed by atoms with Crippen molar-refractivity contribution < 1.29 is 22.8 Å². The van der Waals surface area contributed by atoms with Crippen LogP contribution in [0.1, 0.15) is 22.5 Å². The molecule has 1 aromatic heterocycles. The van der Waals surface area contributed by atoms with E-state index in [1.807, 2.05) is 0 Å². The molecule has 8 heteroatoms. The van der Waals surface area contributed by atoms with Crippen LogP contribution in [0.2, 0.25) is 0 Å². The van der Waals surface area contributed by atoms with Crippen LogP contribution in [0.4, 0.5) is 14.5 Å². The first-order valence-electron chi connectivity index (χ1n) is 7.35. The average molecular weight is 335 g/mol. The van der Waals surface area contributed by atoms with E-state index in [4.69, 9.17) is 10.2 Å². The highest BCUT2D eigenvalue weighted by molar-refractivity contribution is 6.04. The van der Waals surface area contributed by atoms with Crippen LogP contribution >= 0.6 is 0 Å². The Morgan fingerprint density at radius 3 is 2.71 bits per heavy atom. The molecule has 1 saturated heterocycles. The Morgan fingerprint density at radius 2 is 2.08 bits per heavy atom. The predicted octanol–water partition coefficient (Wildman–Crippen LogP) is 1.55. The highest BCUT2D eigenvalue weighted by atomic mass is 19.1. The molecule has 24 heavy (non-hydrogen) atoms. The fourth-order valence-electron chi connectivity index (χ4n) is 2.63. The number of furan rings is 1. The van der Waals surface area contributed by atoms with Crippen molar-refractivity contribution in [3.05, 3.63) is 53.5 Å². The van der Waals surface area contributed by atoms with Crippen molar-refractivity contribution in [2.45, 2.75) is 19.0 Å². The average Bonchev–Trinajstić information content (AvgIpc) is 3.16. The zero-order valence-electron chi connectivity index (χ0n) is 12.6. The van der Waals surface area contributed by atoms with E-state index in [1.54, 1.807) is 0 Å². The summed E-state index contributed by atoms with van der Waals surface area (Å²) >= 11 is 0. The quantitative estimate of drug-likeness (QED) is 0.887. The molecule has 0 spiro atoms. The van der Waals surface area contributed by atoms with Crippen LogP contribution in [0.15, 0.2) is 34.9 Å². The summed E-state index contributed by atoms with van der Waals surface area (Å²) in [4.78, 5) is 25.5. The number of benzene rings is 1. The first-order chi connectivity index (χ1) is 11.5. The second kappa shape index (κ2) is 6.40. The second-order valence-corrected chi connectivity index (χ2v) is 5.38. The molecule has 0 aliphatic carbocycles. The lowest BCUT2D eigenvalue weighted by molar-refractivity contribution is -0.118. The molecule has 2 amide bonds. The van der Waals surface area contributed by atoms with Crippen molar-refractivity contribution in [3.8, 4) is 0 Å². The molecule has 0 saturated carbocycles. The number of hydrogen-bond acceptors (Lipinski definition) is 4.